The summed E-state index contributed by atoms with van der Waals surface area (Å²) in [6.45, 7) is 5.64. The van der Waals surface area contributed by atoms with E-state index < -0.39 is 5.41 Å². The van der Waals surface area contributed by atoms with Crippen LogP contribution in [0.2, 0.25) is 0 Å². The van der Waals surface area contributed by atoms with E-state index >= 15 is 0 Å². The molecule has 0 radical (unpaired) electrons. The number of carbonyl (C=O) groups excluding carboxylic acids is 1. The Hall–Kier alpha value is -1.59. The first-order valence-corrected chi connectivity index (χ1v) is 7.95. The van der Waals surface area contributed by atoms with Crippen molar-refractivity contribution >= 4 is 11.6 Å². The highest BCUT2D eigenvalue weighted by Gasteiger charge is 2.38. The van der Waals surface area contributed by atoms with E-state index in [2.05, 4.69) is 12.2 Å². The SMILES string of the molecule is CCC(C)Oc1ccc(NC(=O)C2(CN)CCOCC2)cc1. The van der Waals surface area contributed by atoms with Gasteiger partial charge in [0, 0.05) is 25.4 Å². The van der Waals surface area contributed by atoms with Gasteiger partial charge in [0.15, 0.2) is 0 Å². The molecule has 1 fully saturated rings. The van der Waals surface area contributed by atoms with Gasteiger partial charge in [-0.25, -0.2) is 0 Å². The number of ether oxygens (including phenoxy) is 2. The van der Waals surface area contributed by atoms with Gasteiger partial charge in [0.2, 0.25) is 5.91 Å². The fourth-order valence-electron chi connectivity index (χ4n) is 2.48. The average Bonchev–Trinajstić information content (AvgIpc) is 2.57. The molecule has 0 saturated carbocycles. The molecule has 0 bridgehead atoms. The van der Waals surface area contributed by atoms with Gasteiger partial charge in [-0.2, -0.15) is 0 Å². The van der Waals surface area contributed by atoms with Crippen molar-refractivity contribution in [2.75, 3.05) is 25.1 Å². The maximum Gasteiger partial charge on any atom is 0.232 e. The molecule has 122 valence electrons. The van der Waals surface area contributed by atoms with E-state index in [0.717, 1.165) is 17.9 Å². The van der Waals surface area contributed by atoms with Crippen molar-refractivity contribution < 1.29 is 14.3 Å². The third-order valence-electron chi connectivity index (χ3n) is 4.35. The number of nitrogens with two attached hydrogens (primary N) is 1. The van der Waals surface area contributed by atoms with Crippen molar-refractivity contribution in [2.45, 2.75) is 39.2 Å². The predicted octanol–water partition coefficient (Wildman–Crippen LogP) is 2.56. The summed E-state index contributed by atoms with van der Waals surface area (Å²) >= 11 is 0. The molecule has 0 aliphatic carbocycles. The smallest absolute Gasteiger partial charge is 0.232 e. The molecule has 5 heteroatoms. The van der Waals surface area contributed by atoms with Crippen LogP contribution in [-0.2, 0) is 9.53 Å². The zero-order valence-electron chi connectivity index (χ0n) is 13.4. The van der Waals surface area contributed by atoms with Crippen LogP contribution < -0.4 is 15.8 Å². The molecular formula is C17H26N2O3. The Balaban J connectivity index is 1.99. The third-order valence-corrected chi connectivity index (χ3v) is 4.35. The van der Waals surface area contributed by atoms with Gasteiger partial charge in [-0.1, -0.05) is 6.92 Å². The van der Waals surface area contributed by atoms with Gasteiger partial charge >= 0.3 is 0 Å². The highest BCUT2D eigenvalue weighted by Crippen LogP contribution is 2.31. The second kappa shape index (κ2) is 7.61. The average molecular weight is 306 g/mol. The summed E-state index contributed by atoms with van der Waals surface area (Å²) in [5.41, 5.74) is 6.11. The Morgan fingerprint density at radius 3 is 2.55 bits per heavy atom. The molecule has 0 spiro atoms. The van der Waals surface area contributed by atoms with Crippen LogP contribution in [0, 0.1) is 5.41 Å². The maximum absolute atomic E-state index is 12.6. The minimum absolute atomic E-state index is 0.0195. The lowest BCUT2D eigenvalue weighted by molar-refractivity contribution is -0.130. The van der Waals surface area contributed by atoms with Crippen LogP contribution in [0.4, 0.5) is 5.69 Å². The summed E-state index contributed by atoms with van der Waals surface area (Å²) < 4.78 is 11.1. The predicted molar refractivity (Wildman–Crippen MR) is 87.0 cm³/mol. The normalized spacial score (nSPS) is 18.5. The molecule has 1 saturated heterocycles. The molecular weight excluding hydrogens is 280 g/mol. The quantitative estimate of drug-likeness (QED) is 0.847. The maximum atomic E-state index is 12.6. The first kappa shape index (κ1) is 16.8. The number of benzene rings is 1. The van der Waals surface area contributed by atoms with Crippen LogP contribution in [0.15, 0.2) is 24.3 Å². The van der Waals surface area contributed by atoms with Gasteiger partial charge in [0.1, 0.15) is 5.75 Å². The Kier molecular flexibility index (Phi) is 5.80. The molecule has 1 aliphatic rings. The molecule has 1 aromatic rings. The van der Waals surface area contributed by atoms with Gasteiger partial charge in [-0.15, -0.1) is 0 Å². The lowest BCUT2D eigenvalue weighted by Gasteiger charge is -2.34. The Morgan fingerprint density at radius 2 is 2.00 bits per heavy atom. The van der Waals surface area contributed by atoms with Gasteiger partial charge in [-0.3, -0.25) is 4.79 Å². The van der Waals surface area contributed by atoms with E-state index in [1.54, 1.807) is 0 Å². The van der Waals surface area contributed by atoms with E-state index in [1.807, 2.05) is 31.2 Å². The molecule has 3 N–H and O–H groups in total. The van der Waals surface area contributed by atoms with Crippen molar-refractivity contribution in [3.05, 3.63) is 24.3 Å². The van der Waals surface area contributed by atoms with Crippen LogP contribution >= 0.6 is 0 Å². The van der Waals surface area contributed by atoms with E-state index in [1.165, 1.54) is 0 Å². The summed E-state index contributed by atoms with van der Waals surface area (Å²) in [6, 6.07) is 7.47. The number of anilines is 1. The number of hydrogen-bond donors (Lipinski definition) is 2. The van der Waals surface area contributed by atoms with Crippen LogP contribution in [0.25, 0.3) is 0 Å². The summed E-state index contributed by atoms with van der Waals surface area (Å²) in [5.74, 6) is 0.792. The number of carbonyl (C=O) groups is 1. The van der Waals surface area contributed by atoms with E-state index in [-0.39, 0.29) is 12.0 Å². The van der Waals surface area contributed by atoms with Crippen molar-refractivity contribution in [3.8, 4) is 5.75 Å². The summed E-state index contributed by atoms with van der Waals surface area (Å²) in [5, 5.41) is 2.97. The number of amides is 1. The Labute approximate surface area is 132 Å². The standard InChI is InChI=1S/C17H26N2O3/c1-3-13(2)22-15-6-4-14(5-7-15)19-16(20)17(12-18)8-10-21-11-9-17/h4-7,13H,3,8-12,18H2,1-2H3,(H,19,20). The molecule has 1 aromatic carbocycles. The molecule has 22 heavy (non-hydrogen) atoms. The number of hydrogen-bond acceptors (Lipinski definition) is 4. The molecule has 0 aromatic heterocycles. The Bertz CT molecular complexity index is 481. The van der Waals surface area contributed by atoms with Crippen molar-refractivity contribution in [2.24, 2.45) is 11.1 Å². The first-order chi connectivity index (χ1) is 10.6. The van der Waals surface area contributed by atoms with Gasteiger partial charge in [0.05, 0.1) is 11.5 Å². The number of rotatable bonds is 6. The monoisotopic (exact) mass is 306 g/mol. The van der Waals surface area contributed by atoms with E-state index in [0.29, 0.717) is 32.6 Å². The molecule has 5 nitrogen and oxygen atoms in total. The van der Waals surface area contributed by atoms with Crippen LogP contribution in [0.1, 0.15) is 33.1 Å². The molecule has 1 amide bonds. The second-order valence-corrected chi connectivity index (χ2v) is 5.91. The highest BCUT2D eigenvalue weighted by atomic mass is 16.5. The Morgan fingerprint density at radius 1 is 1.36 bits per heavy atom. The van der Waals surface area contributed by atoms with Crippen molar-refractivity contribution in [3.63, 3.8) is 0 Å². The molecule has 2 rings (SSSR count). The van der Waals surface area contributed by atoms with Gasteiger partial charge in [0.25, 0.3) is 0 Å². The molecule has 1 atom stereocenters. The lowest BCUT2D eigenvalue weighted by atomic mass is 9.79. The summed E-state index contributed by atoms with van der Waals surface area (Å²) in [6.07, 6.45) is 2.48. The van der Waals surface area contributed by atoms with E-state index in [9.17, 15) is 4.79 Å². The summed E-state index contributed by atoms with van der Waals surface area (Å²) in [7, 11) is 0. The third kappa shape index (κ3) is 3.99. The van der Waals surface area contributed by atoms with Gasteiger partial charge in [-0.05, 0) is 50.5 Å². The van der Waals surface area contributed by atoms with Crippen LogP contribution in [0.5, 0.6) is 5.75 Å². The van der Waals surface area contributed by atoms with E-state index in [4.69, 9.17) is 15.2 Å². The molecule has 1 aliphatic heterocycles. The lowest BCUT2D eigenvalue weighted by Crippen LogP contribution is -2.46. The molecule has 1 heterocycles. The zero-order valence-corrected chi connectivity index (χ0v) is 13.4. The zero-order chi connectivity index (χ0) is 16.0. The second-order valence-electron chi connectivity index (χ2n) is 5.91. The van der Waals surface area contributed by atoms with Crippen LogP contribution in [-0.4, -0.2) is 31.8 Å². The minimum atomic E-state index is -0.510. The number of nitrogens with one attached hydrogen (secondary N) is 1. The highest BCUT2D eigenvalue weighted by molar-refractivity contribution is 5.95. The van der Waals surface area contributed by atoms with Crippen molar-refractivity contribution in [1.29, 1.82) is 0 Å². The fraction of sp³-hybridized carbons (Fsp3) is 0.588. The minimum Gasteiger partial charge on any atom is -0.491 e. The largest absolute Gasteiger partial charge is 0.491 e. The van der Waals surface area contributed by atoms with Crippen LogP contribution in [0.3, 0.4) is 0 Å². The van der Waals surface area contributed by atoms with Crippen molar-refractivity contribution in [1.82, 2.24) is 0 Å². The summed E-state index contributed by atoms with van der Waals surface area (Å²) in [4.78, 5) is 12.6. The van der Waals surface area contributed by atoms with Gasteiger partial charge < -0.3 is 20.5 Å². The first-order valence-electron chi connectivity index (χ1n) is 7.95. The fourth-order valence-corrected chi connectivity index (χ4v) is 2.48. The molecule has 1 unspecified atom stereocenters. The topological polar surface area (TPSA) is 73.6 Å².